The molecular formula is C18H29N7O6. The van der Waals surface area contributed by atoms with Gasteiger partial charge in [0.2, 0.25) is 0 Å². The van der Waals surface area contributed by atoms with E-state index in [9.17, 15) is 9.59 Å². The summed E-state index contributed by atoms with van der Waals surface area (Å²) in [6.07, 6.45) is -1.16. The first-order valence-corrected chi connectivity index (χ1v) is 9.52. The lowest BCUT2D eigenvalue weighted by atomic mass is 10.2. The monoisotopic (exact) mass is 439 g/mol. The van der Waals surface area contributed by atoms with Crippen molar-refractivity contribution in [2.45, 2.75) is 26.4 Å². The maximum absolute atomic E-state index is 12.3. The van der Waals surface area contributed by atoms with Gasteiger partial charge in [-0.05, 0) is 20.8 Å². The Kier molecular flexibility index (Phi) is 7.80. The number of nitrogens with zero attached hydrogens (tertiary/aromatic N) is 5. The molecule has 2 heterocycles. The number of aromatic nitrogens is 4. The van der Waals surface area contributed by atoms with Gasteiger partial charge in [0.1, 0.15) is 17.7 Å². The summed E-state index contributed by atoms with van der Waals surface area (Å²) in [7, 11) is 4.66. The molecule has 31 heavy (non-hydrogen) atoms. The largest absolute Gasteiger partial charge is 0.461 e. The van der Waals surface area contributed by atoms with Crippen molar-refractivity contribution in [3.63, 3.8) is 0 Å². The summed E-state index contributed by atoms with van der Waals surface area (Å²) in [5.41, 5.74) is 5.79. The fraction of sp³-hybridized carbons (Fsp3) is 0.611. The zero-order valence-corrected chi connectivity index (χ0v) is 18.6. The minimum absolute atomic E-state index is 0.0359. The SMILES string of the molecule is COCCOc1nc(N)c2[nH]c(OC(=O)N(C)CCN(C)C(=O)OC(C)(C)C)nc2n1. The molecule has 2 aromatic rings. The van der Waals surface area contributed by atoms with Gasteiger partial charge in [-0.2, -0.15) is 15.0 Å². The molecule has 0 aromatic carbocycles. The third kappa shape index (κ3) is 7.13. The number of amides is 2. The molecule has 13 heteroatoms. The van der Waals surface area contributed by atoms with Crippen molar-refractivity contribution in [2.75, 3.05) is 53.2 Å². The number of imidazole rings is 1. The second kappa shape index (κ2) is 10.1. The molecule has 0 saturated heterocycles. The van der Waals surface area contributed by atoms with E-state index in [2.05, 4.69) is 19.9 Å². The van der Waals surface area contributed by atoms with Crippen molar-refractivity contribution in [2.24, 2.45) is 0 Å². The molecule has 2 rings (SSSR count). The summed E-state index contributed by atoms with van der Waals surface area (Å²) in [5.74, 6) is 0.0968. The second-order valence-corrected chi connectivity index (χ2v) is 7.66. The lowest BCUT2D eigenvalue weighted by Gasteiger charge is -2.26. The summed E-state index contributed by atoms with van der Waals surface area (Å²) in [6.45, 7) is 6.41. The third-order valence-electron chi connectivity index (χ3n) is 3.83. The molecule has 0 fully saturated rings. The fourth-order valence-electron chi connectivity index (χ4n) is 2.19. The van der Waals surface area contributed by atoms with Gasteiger partial charge in [0.05, 0.1) is 6.61 Å². The van der Waals surface area contributed by atoms with Gasteiger partial charge in [-0.3, -0.25) is 0 Å². The number of methoxy groups -OCH3 is 1. The molecule has 0 unspecified atom stereocenters. The van der Waals surface area contributed by atoms with E-state index in [4.69, 9.17) is 24.7 Å². The van der Waals surface area contributed by atoms with Crippen LogP contribution in [0.4, 0.5) is 15.4 Å². The zero-order chi connectivity index (χ0) is 23.2. The Bertz CT molecular complexity index is 911. The fourth-order valence-corrected chi connectivity index (χ4v) is 2.19. The number of carbonyl (C=O) groups excluding carboxylic acids is 2. The van der Waals surface area contributed by atoms with E-state index in [1.165, 1.54) is 16.8 Å². The number of rotatable bonds is 8. The summed E-state index contributed by atoms with van der Waals surface area (Å²) in [4.78, 5) is 42.0. The van der Waals surface area contributed by atoms with Gasteiger partial charge in [0.25, 0.3) is 0 Å². The quantitative estimate of drug-likeness (QED) is 0.573. The Morgan fingerprint density at radius 2 is 1.68 bits per heavy atom. The third-order valence-corrected chi connectivity index (χ3v) is 3.83. The van der Waals surface area contributed by atoms with Crippen LogP contribution in [0.1, 0.15) is 20.8 Å². The Morgan fingerprint density at radius 3 is 2.29 bits per heavy atom. The van der Waals surface area contributed by atoms with Gasteiger partial charge < -0.3 is 39.5 Å². The maximum Gasteiger partial charge on any atom is 0.417 e. The molecular weight excluding hydrogens is 410 g/mol. The van der Waals surface area contributed by atoms with Crippen molar-refractivity contribution in [1.82, 2.24) is 29.7 Å². The zero-order valence-electron chi connectivity index (χ0n) is 18.6. The molecule has 172 valence electrons. The number of nitrogens with one attached hydrogen (secondary N) is 1. The summed E-state index contributed by atoms with van der Waals surface area (Å²) in [5, 5.41) is 0. The number of nitrogens with two attached hydrogens (primary N) is 1. The normalized spacial score (nSPS) is 11.3. The van der Waals surface area contributed by atoms with Gasteiger partial charge >= 0.3 is 24.2 Å². The molecule has 13 nitrogen and oxygen atoms in total. The Hall–Kier alpha value is -3.35. The number of ether oxygens (including phenoxy) is 4. The minimum atomic E-state index is -0.681. The summed E-state index contributed by atoms with van der Waals surface area (Å²) >= 11 is 0. The van der Waals surface area contributed by atoms with Crippen LogP contribution in [0.5, 0.6) is 12.0 Å². The average molecular weight is 439 g/mol. The van der Waals surface area contributed by atoms with Crippen molar-refractivity contribution < 1.29 is 28.5 Å². The molecule has 0 aliphatic carbocycles. The standard InChI is InChI=1S/C18H29N7O6/c1-18(2,3)31-17(27)25(5)8-7-24(4)16(26)30-15-20-11-12(19)21-14(22-13(11)23-15)29-10-9-28-6/h7-10H2,1-6H3,(H3,19,20,21,22,23). The molecule has 0 atom stereocenters. The van der Waals surface area contributed by atoms with Crippen LogP contribution in [0.3, 0.4) is 0 Å². The van der Waals surface area contributed by atoms with Crippen LogP contribution in [0.25, 0.3) is 11.2 Å². The minimum Gasteiger partial charge on any atom is -0.461 e. The van der Waals surface area contributed by atoms with E-state index >= 15 is 0 Å². The number of carbonyl (C=O) groups is 2. The van der Waals surface area contributed by atoms with Crippen LogP contribution in [0, 0.1) is 0 Å². The van der Waals surface area contributed by atoms with Gasteiger partial charge in [-0.1, -0.05) is 0 Å². The first kappa shape index (κ1) is 23.9. The molecule has 0 radical (unpaired) electrons. The van der Waals surface area contributed by atoms with Crippen molar-refractivity contribution in [1.29, 1.82) is 0 Å². The van der Waals surface area contributed by atoms with Gasteiger partial charge in [0.15, 0.2) is 11.5 Å². The molecule has 0 saturated carbocycles. The highest BCUT2D eigenvalue weighted by Crippen LogP contribution is 2.21. The van der Waals surface area contributed by atoms with Crippen LogP contribution >= 0.6 is 0 Å². The molecule has 0 spiro atoms. The van der Waals surface area contributed by atoms with E-state index in [1.807, 2.05) is 0 Å². The Morgan fingerprint density at radius 1 is 1.03 bits per heavy atom. The summed E-state index contributed by atoms with van der Waals surface area (Å²) in [6, 6.07) is -0.0592. The average Bonchev–Trinajstić information content (AvgIpc) is 3.07. The number of anilines is 1. The highest BCUT2D eigenvalue weighted by atomic mass is 16.6. The van der Waals surface area contributed by atoms with E-state index in [0.29, 0.717) is 12.1 Å². The van der Waals surface area contributed by atoms with Crippen LogP contribution in [0.15, 0.2) is 0 Å². The van der Waals surface area contributed by atoms with Gasteiger partial charge in [-0.15, -0.1) is 0 Å². The summed E-state index contributed by atoms with van der Waals surface area (Å²) < 4.78 is 20.7. The Labute approximate surface area is 179 Å². The van der Waals surface area contributed by atoms with Crippen molar-refractivity contribution in [3.8, 4) is 12.0 Å². The van der Waals surface area contributed by atoms with Crippen LogP contribution in [0.2, 0.25) is 0 Å². The van der Waals surface area contributed by atoms with E-state index in [-0.39, 0.29) is 43.2 Å². The molecule has 0 aliphatic rings. The lowest BCUT2D eigenvalue weighted by Crippen LogP contribution is -2.40. The van der Waals surface area contributed by atoms with Gasteiger partial charge in [-0.25, -0.2) is 9.59 Å². The first-order valence-electron chi connectivity index (χ1n) is 9.52. The van der Waals surface area contributed by atoms with Crippen LogP contribution < -0.4 is 15.2 Å². The molecule has 0 bridgehead atoms. The van der Waals surface area contributed by atoms with E-state index < -0.39 is 17.8 Å². The van der Waals surface area contributed by atoms with Gasteiger partial charge in [0, 0.05) is 34.3 Å². The predicted octanol–water partition coefficient (Wildman–Crippen LogP) is 1.26. The number of likely N-dealkylation sites (N-methyl/N-ethyl adjacent to an activating group) is 2. The molecule has 2 amide bonds. The highest BCUT2D eigenvalue weighted by molar-refractivity contribution is 5.83. The van der Waals surface area contributed by atoms with E-state index in [1.54, 1.807) is 34.9 Å². The van der Waals surface area contributed by atoms with Crippen molar-refractivity contribution >= 4 is 29.2 Å². The second-order valence-electron chi connectivity index (χ2n) is 7.66. The number of hydrogen-bond donors (Lipinski definition) is 2. The van der Waals surface area contributed by atoms with Crippen molar-refractivity contribution in [3.05, 3.63) is 0 Å². The number of aromatic amines is 1. The van der Waals surface area contributed by atoms with Crippen LogP contribution in [-0.2, 0) is 9.47 Å². The smallest absolute Gasteiger partial charge is 0.417 e. The first-order chi connectivity index (χ1) is 14.5. The number of H-pyrrole nitrogens is 1. The number of fused-ring (bicyclic) bond motifs is 1. The Balaban J connectivity index is 1.94. The molecule has 3 N–H and O–H groups in total. The predicted molar refractivity (Wildman–Crippen MR) is 111 cm³/mol. The number of nitrogen functional groups attached to an aromatic ring is 1. The van der Waals surface area contributed by atoms with E-state index in [0.717, 1.165) is 0 Å². The lowest BCUT2D eigenvalue weighted by molar-refractivity contribution is 0.0287. The number of hydrogen-bond acceptors (Lipinski definition) is 10. The molecule has 0 aliphatic heterocycles. The maximum atomic E-state index is 12.3. The van der Waals surface area contributed by atoms with Crippen LogP contribution in [-0.4, -0.2) is 95.0 Å². The molecule has 2 aromatic heterocycles. The topological polar surface area (TPSA) is 158 Å². The highest BCUT2D eigenvalue weighted by Gasteiger charge is 2.21.